The molecule has 82 valence electrons. The summed E-state index contributed by atoms with van der Waals surface area (Å²) >= 11 is 0. The molecule has 1 aliphatic rings. The van der Waals surface area contributed by atoms with Gasteiger partial charge in [0.25, 0.3) is 0 Å². The first kappa shape index (κ1) is 10.2. The van der Waals surface area contributed by atoms with E-state index in [2.05, 4.69) is 5.10 Å². The molecule has 5 heteroatoms. The van der Waals surface area contributed by atoms with E-state index in [1.807, 2.05) is 10.9 Å². The zero-order chi connectivity index (χ0) is 10.7. The molecular formula is C10H14N2O3. The maximum absolute atomic E-state index is 10.4. The SMILES string of the molecule is O=C(O)CCc1cnn([C@H]2CCOC2)c1. The molecule has 1 N–H and O–H groups in total. The Kier molecular flexibility index (Phi) is 3.01. The van der Waals surface area contributed by atoms with Crippen LogP contribution in [0.1, 0.15) is 24.4 Å². The lowest BCUT2D eigenvalue weighted by molar-refractivity contribution is -0.136. The standard InChI is InChI=1S/C10H14N2O3/c13-10(14)2-1-8-5-11-12(6-8)9-3-4-15-7-9/h5-6,9H,1-4,7H2,(H,13,14)/t9-/m0/s1. The Bertz CT molecular complexity index is 342. The van der Waals surface area contributed by atoms with Crippen molar-refractivity contribution in [3.05, 3.63) is 18.0 Å². The Morgan fingerprint density at radius 2 is 2.60 bits per heavy atom. The van der Waals surface area contributed by atoms with Gasteiger partial charge in [-0.05, 0) is 18.4 Å². The second-order valence-corrected chi connectivity index (χ2v) is 3.74. The van der Waals surface area contributed by atoms with Gasteiger partial charge < -0.3 is 9.84 Å². The third-order valence-corrected chi connectivity index (χ3v) is 2.56. The molecule has 1 aliphatic heterocycles. The molecule has 2 heterocycles. The quantitative estimate of drug-likeness (QED) is 0.800. The highest BCUT2D eigenvalue weighted by molar-refractivity contribution is 5.67. The molecule has 0 saturated carbocycles. The molecule has 0 aliphatic carbocycles. The third-order valence-electron chi connectivity index (χ3n) is 2.56. The number of aryl methyl sites for hydroxylation is 1. The van der Waals surface area contributed by atoms with E-state index in [-0.39, 0.29) is 6.42 Å². The highest BCUT2D eigenvalue weighted by Crippen LogP contribution is 2.18. The van der Waals surface area contributed by atoms with Gasteiger partial charge in [-0.3, -0.25) is 9.48 Å². The van der Waals surface area contributed by atoms with E-state index in [9.17, 15) is 4.79 Å². The molecule has 0 amide bonds. The number of carboxylic acid groups (broad SMARTS) is 1. The van der Waals surface area contributed by atoms with Crippen molar-refractivity contribution >= 4 is 5.97 Å². The van der Waals surface area contributed by atoms with Gasteiger partial charge in [0.15, 0.2) is 0 Å². The van der Waals surface area contributed by atoms with Gasteiger partial charge in [-0.1, -0.05) is 0 Å². The molecule has 0 aromatic carbocycles. The van der Waals surface area contributed by atoms with E-state index in [0.29, 0.717) is 19.1 Å². The van der Waals surface area contributed by atoms with Crippen molar-refractivity contribution < 1.29 is 14.6 Å². The summed E-state index contributed by atoms with van der Waals surface area (Å²) in [5.74, 6) is -0.771. The lowest BCUT2D eigenvalue weighted by Crippen LogP contribution is -2.08. The smallest absolute Gasteiger partial charge is 0.303 e. The van der Waals surface area contributed by atoms with Gasteiger partial charge in [0.2, 0.25) is 0 Å². The normalized spacial score (nSPS) is 20.7. The van der Waals surface area contributed by atoms with Crippen molar-refractivity contribution in [3.8, 4) is 0 Å². The zero-order valence-corrected chi connectivity index (χ0v) is 8.43. The van der Waals surface area contributed by atoms with E-state index in [1.165, 1.54) is 0 Å². The Morgan fingerprint density at radius 3 is 3.27 bits per heavy atom. The maximum Gasteiger partial charge on any atom is 0.303 e. The van der Waals surface area contributed by atoms with Gasteiger partial charge in [0.1, 0.15) is 0 Å². The molecule has 2 rings (SSSR count). The fourth-order valence-corrected chi connectivity index (χ4v) is 1.69. The summed E-state index contributed by atoms with van der Waals surface area (Å²) in [6, 6.07) is 0.323. The van der Waals surface area contributed by atoms with Crippen molar-refractivity contribution in [1.82, 2.24) is 9.78 Å². The summed E-state index contributed by atoms with van der Waals surface area (Å²) in [5, 5.41) is 12.8. The average Bonchev–Trinajstić information content (AvgIpc) is 2.85. The van der Waals surface area contributed by atoms with Gasteiger partial charge in [-0.25, -0.2) is 0 Å². The van der Waals surface area contributed by atoms with Crippen molar-refractivity contribution in [2.75, 3.05) is 13.2 Å². The van der Waals surface area contributed by atoms with Crippen molar-refractivity contribution in [1.29, 1.82) is 0 Å². The first-order valence-corrected chi connectivity index (χ1v) is 5.08. The molecule has 1 fully saturated rings. The van der Waals surface area contributed by atoms with E-state index >= 15 is 0 Å². The van der Waals surface area contributed by atoms with E-state index < -0.39 is 5.97 Å². The second kappa shape index (κ2) is 4.44. The zero-order valence-electron chi connectivity index (χ0n) is 8.43. The lowest BCUT2D eigenvalue weighted by atomic mass is 10.2. The van der Waals surface area contributed by atoms with E-state index in [0.717, 1.165) is 18.6 Å². The van der Waals surface area contributed by atoms with Gasteiger partial charge >= 0.3 is 5.97 Å². The number of carboxylic acids is 1. The topological polar surface area (TPSA) is 64.3 Å². The summed E-state index contributed by atoms with van der Waals surface area (Å²) in [5.41, 5.74) is 0.976. The molecule has 5 nitrogen and oxygen atoms in total. The Balaban J connectivity index is 1.94. The fourth-order valence-electron chi connectivity index (χ4n) is 1.69. The van der Waals surface area contributed by atoms with Crippen molar-refractivity contribution in [2.24, 2.45) is 0 Å². The average molecular weight is 210 g/mol. The van der Waals surface area contributed by atoms with Crippen LogP contribution in [0.4, 0.5) is 0 Å². The number of hydrogen-bond donors (Lipinski definition) is 1. The second-order valence-electron chi connectivity index (χ2n) is 3.74. The number of hydrogen-bond acceptors (Lipinski definition) is 3. The molecule has 0 spiro atoms. The molecule has 1 aromatic heterocycles. The summed E-state index contributed by atoms with van der Waals surface area (Å²) in [7, 11) is 0. The predicted molar refractivity (Wildman–Crippen MR) is 52.7 cm³/mol. The monoisotopic (exact) mass is 210 g/mol. The first-order chi connectivity index (χ1) is 7.25. The number of nitrogens with zero attached hydrogens (tertiary/aromatic N) is 2. The van der Waals surface area contributed by atoms with Crippen molar-refractivity contribution in [2.45, 2.75) is 25.3 Å². The molecule has 0 radical (unpaired) electrons. The molecule has 1 aromatic rings. The fraction of sp³-hybridized carbons (Fsp3) is 0.600. The summed E-state index contributed by atoms with van der Waals surface area (Å²) in [4.78, 5) is 10.4. The highest BCUT2D eigenvalue weighted by Gasteiger charge is 2.18. The van der Waals surface area contributed by atoms with Gasteiger partial charge in [-0.2, -0.15) is 5.10 Å². The molecule has 0 bridgehead atoms. The van der Waals surface area contributed by atoms with Crippen LogP contribution >= 0.6 is 0 Å². The largest absolute Gasteiger partial charge is 0.481 e. The Hall–Kier alpha value is -1.36. The Labute approximate surface area is 87.7 Å². The van der Waals surface area contributed by atoms with Crippen LogP contribution < -0.4 is 0 Å². The summed E-state index contributed by atoms with van der Waals surface area (Å²) < 4.78 is 7.14. The molecular weight excluding hydrogens is 196 g/mol. The third kappa shape index (κ3) is 2.56. The number of ether oxygens (including phenoxy) is 1. The molecule has 1 saturated heterocycles. The van der Waals surface area contributed by atoms with Crippen LogP contribution in [-0.4, -0.2) is 34.1 Å². The summed E-state index contributed by atoms with van der Waals surface area (Å²) in [6.45, 7) is 1.50. The minimum absolute atomic E-state index is 0.160. The summed E-state index contributed by atoms with van der Waals surface area (Å²) in [6.07, 6.45) is 5.35. The van der Waals surface area contributed by atoms with E-state index in [1.54, 1.807) is 6.20 Å². The minimum atomic E-state index is -0.771. The van der Waals surface area contributed by atoms with Crippen LogP contribution in [0.25, 0.3) is 0 Å². The number of rotatable bonds is 4. The number of carbonyl (C=O) groups is 1. The predicted octanol–water partition coefficient (Wildman–Crippen LogP) is 0.862. The first-order valence-electron chi connectivity index (χ1n) is 5.08. The van der Waals surface area contributed by atoms with Gasteiger partial charge in [0, 0.05) is 19.2 Å². The molecule has 0 unspecified atom stereocenters. The lowest BCUT2D eigenvalue weighted by Gasteiger charge is -2.06. The van der Waals surface area contributed by atoms with Crippen molar-refractivity contribution in [3.63, 3.8) is 0 Å². The maximum atomic E-state index is 10.4. The van der Waals surface area contributed by atoms with Gasteiger partial charge in [0.05, 0.1) is 18.8 Å². The van der Waals surface area contributed by atoms with Gasteiger partial charge in [-0.15, -0.1) is 0 Å². The van der Waals surface area contributed by atoms with Crippen LogP contribution in [0.5, 0.6) is 0 Å². The van der Waals surface area contributed by atoms with Crippen LogP contribution in [0.3, 0.4) is 0 Å². The van der Waals surface area contributed by atoms with Crippen LogP contribution in [0, 0.1) is 0 Å². The highest BCUT2D eigenvalue weighted by atomic mass is 16.5. The van der Waals surface area contributed by atoms with Crippen LogP contribution in [0.15, 0.2) is 12.4 Å². The number of aromatic nitrogens is 2. The molecule has 15 heavy (non-hydrogen) atoms. The van der Waals surface area contributed by atoms with Crippen LogP contribution in [0.2, 0.25) is 0 Å². The molecule has 1 atom stereocenters. The minimum Gasteiger partial charge on any atom is -0.481 e. The Morgan fingerprint density at radius 1 is 1.73 bits per heavy atom. The van der Waals surface area contributed by atoms with Crippen LogP contribution in [-0.2, 0) is 16.0 Å². The number of aliphatic carboxylic acids is 1. The van der Waals surface area contributed by atoms with E-state index in [4.69, 9.17) is 9.84 Å².